The maximum absolute atomic E-state index is 13.2. The van der Waals surface area contributed by atoms with E-state index in [4.69, 9.17) is 11.5 Å². The fourth-order valence-electron chi connectivity index (χ4n) is 1.10. The number of nitrogens with one attached hydrogen (secondary N) is 1. The molecule has 1 aromatic rings. The number of phenolic OH excluding ortho intramolecular Hbond substituents is 1. The second kappa shape index (κ2) is 5.25. The van der Waals surface area contributed by atoms with Crippen molar-refractivity contribution in [3.05, 3.63) is 29.1 Å². The Bertz CT molecular complexity index is 494. The summed E-state index contributed by atoms with van der Waals surface area (Å²) in [5, 5.41) is 11.1. The highest BCUT2D eigenvalue weighted by molar-refractivity contribution is 5.94. The van der Waals surface area contributed by atoms with Crippen LogP contribution < -0.4 is 5.32 Å². The second-order valence-corrected chi connectivity index (χ2v) is 3.09. The molecule has 17 heavy (non-hydrogen) atoms. The SMILES string of the molecule is C#CCCNC(=O)c1cc(F)c(F)c(O)c1F. The first kappa shape index (κ1) is 12.9. The molecule has 0 spiro atoms. The zero-order chi connectivity index (χ0) is 13.0. The number of hydrogen-bond acceptors (Lipinski definition) is 2. The van der Waals surface area contributed by atoms with Gasteiger partial charge in [-0.2, -0.15) is 4.39 Å². The van der Waals surface area contributed by atoms with E-state index in [0.29, 0.717) is 6.07 Å². The highest BCUT2D eigenvalue weighted by atomic mass is 19.2. The van der Waals surface area contributed by atoms with Crippen LogP contribution in [-0.4, -0.2) is 17.6 Å². The lowest BCUT2D eigenvalue weighted by molar-refractivity contribution is 0.0948. The monoisotopic (exact) mass is 243 g/mol. The summed E-state index contributed by atoms with van der Waals surface area (Å²) >= 11 is 0. The average Bonchev–Trinajstić information content (AvgIpc) is 2.31. The minimum absolute atomic E-state index is 0.0640. The molecule has 1 amide bonds. The summed E-state index contributed by atoms with van der Waals surface area (Å²) < 4.78 is 38.8. The number of amides is 1. The van der Waals surface area contributed by atoms with Crippen LogP contribution in [0.1, 0.15) is 16.8 Å². The molecule has 0 aliphatic rings. The molecule has 1 aromatic carbocycles. The third-order valence-corrected chi connectivity index (χ3v) is 1.93. The Labute approximate surface area is 95.3 Å². The van der Waals surface area contributed by atoms with Crippen LogP contribution in [0.3, 0.4) is 0 Å². The fraction of sp³-hybridized carbons (Fsp3) is 0.182. The molecular formula is C11H8F3NO2. The standard InChI is InChI=1S/C11H8F3NO2/c1-2-3-4-15-11(17)6-5-7(12)9(14)10(16)8(6)13/h1,5,16H,3-4H2,(H,15,17). The summed E-state index contributed by atoms with van der Waals surface area (Å²) in [5.74, 6) is -5.03. The van der Waals surface area contributed by atoms with E-state index in [9.17, 15) is 18.0 Å². The molecule has 0 saturated heterocycles. The average molecular weight is 243 g/mol. The number of rotatable bonds is 3. The van der Waals surface area contributed by atoms with Crippen LogP contribution in [0.15, 0.2) is 6.07 Å². The van der Waals surface area contributed by atoms with E-state index in [2.05, 4.69) is 11.2 Å². The van der Waals surface area contributed by atoms with E-state index in [1.165, 1.54) is 0 Å². The molecule has 2 N–H and O–H groups in total. The van der Waals surface area contributed by atoms with Gasteiger partial charge in [-0.25, -0.2) is 8.78 Å². The number of phenols is 1. The van der Waals surface area contributed by atoms with Gasteiger partial charge in [0.05, 0.1) is 5.56 Å². The van der Waals surface area contributed by atoms with Gasteiger partial charge in [0.2, 0.25) is 5.82 Å². The van der Waals surface area contributed by atoms with Gasteiger partial charge in [-0.15, -0.1) is 12.3 Å². The largest absolute Gasteiger partial charge is 0.503 e. The van der Waals surface area contributed by atoms with E-state index in [1.54, 1.807) is 0 Å². The maximum atomic E-state index is 13.2. The topological polar surface area (TPSA) is 49.3 Å². The predicted octanol–water partition coefficient (Wildman–Crippen LogP) is 1.56. The fourth-order valence-corrected chi connectivity index (χ4v) is 1.10. The highest BCUT2D eigenvalue weighted by Gasteiger charge is 2.21. The number of hydrogen-bond donors (Lipinski definition) is 2. The van der Waals surface area contributed by atoms with Gasteiger partial charge >= 0.3 is 0 Å². The summed E-state index contributed by atoms with van der Waals surface area (Å²) in [5.41, 5.74) is -0.779. The first-order chi connectivity index (χ1) is 7.99. The number of carbonyl (C=O) groups is 1. The molecule has 0 saturated carbocycles. The molecule has 0 aliphatic heterocycles. The Kier molecular flexibility index (Phi) is 3.99. The lowest BCUT2D eigenvalue weighted by Crippen LogP contribution is -2.25. The molecule has 0 bridgehead atoms. The van der Waals surface area contributed by atoms with Crippen LogP contribution in [0, 0.1) is 29.8 Å². The van der Waals surface area contributed by atoms with Gasteiger partial charge in [-0.1, -0.05) is 0 Å². The normalized spacial score (nSPS) is 9.76. The Hall–Kier alpha value is -2.16. The van der Waals surface area contributed by atoms with Crippen molar-refractivity contribution in [3.8, 4) is 18.1 Å². The number of carbonyl (C=O) groups excluding carboxylic acids is 1. The van der Waals surface area contributed by atoms with Gasteiger partial charge in [0.25, 0.3) is 5.91 Å². The van der Waals surface area contributed by atoms with Crippen molar-refractivity contribution in [2.75, 3.05) is 6.54 Å². The number of halogens is 3. The van der Waals surface area contributed by atoms with Gasteiger partial charge in [-0.05, 0) is 6.07 Å². The van der Waals surface area contributed by atoms with Crippen molar-refractivity contribution in [2.24, 2.45) is 0 Å². The van der Waals surface area contributed by atoms with Gasteiger partial charge < -0.3 is 10.4 Å². The lowest BCUT2D eigenvalue weighted by Gasteiger charge is -2.06. The van der Waals surface area contributed by atoms with E-state index in [0.717, 1.165) is 0 Å². The quantitative estimate of drug-likeness (QED) is 0.481. The first-order valence-corrected chi connectivity index (χ1v) is 4.57. The Balaban J connectivity index is 2.99. The zero-order valence-electron chi connectivity index (χ0n) is 8.56. The zero-order valence-corrected chi connectivity index (χ0v) is 8.56. The van der Waals surface area contributed by atoms with Crippen LogP contribution >= 0.6 is 0 Å². The predicted molar refractivity (Wildman–Crippen MR) is 53.8 cm³/mol. The maximum Gasteiger partial charge on any atom is 0.254 e. The van der Waals surface area contributed by atoms with Crippen molar-refractivity contribution in [1.82, 2.24) is 5.32 Å². The van der Waals surface area contributed by atoms with Crippen molar-refractivity contribution in [1.29, 1.82) is 0 Å². The van der Waals surface area contributed by atoms with Gasteiger partial charge in [0, 0.05) is 13.0 Å². The summed E-state index contributed by atoms with van der Waals surface area (Å²) in [7, 11) is 0. The number of aromatic hydroxyl groups is 1. The molecular weight excluding hydrogens is 235 g/mol. The van der Waals surface area contributed by atoms with Crippen LogP contribution in [0.4, 0.5) is 13.2 Å². The Morgan fingerprint density at radius 1 is 1.41 bits per heavy atom. The molecule has 3 nitrogen and oxygen atoms in total. The molecule has 0 aromatic heterocycles. The van der Waals surface area contributed by atoms with Crippen LogP contribution in [-0.2, 0) is 0 Å². The first-order valence-electron chi connectivity index (χ1n) is 4.57. The molecule has 0 aliphatic carbocycles. The van der Waals surface area contributed by atoms with Crippen LogP contribution in [0.5, 0.6) is 5.75 Å². The Morgan fingerprint density at radius 2 is 2.06 bits per heavy atom. The molecule has 0 fully saturated rings. The summed E-state index contributed by atoms with van der Waals surface area (Å²) in [6, 6.07) is 0.371. The number of terminal acetylenes is 1. The summed E-state index contributed by atoms with van der Waals surface area (Å²) in [4.78, 5) is 11.3. The summed E-state index contributed by atoms with van der Waals surface area (Å²) in [6.45, 7) is 0.0640. The minimum atomic E-state index is -1.73. The van der Waals surface area contributed by atoms with Crippen molar-refractivity contribution in [3.63, 3.8) is 0 Å². The highest BCUT2D eigenvalue weighted by Crippen LogP contribution is 2.25. The van der Waals surface area contributed by atoms with Crippen molar-refractivity contribution >= 4 is 5.91 Å². The molecule has 6 heteroatoms. The second-order valence-electron chi connectivity index (χ2n) is 3.09. The van der Waals surface area contributed by atoms with Crippen molar-refractivity contribution in [2.45, 2.75) is 6.42 Å². The molecule has 90 valence electrons. The van der Waals surface area contributed by atoms with Gasteiger partial charge in [-0.3, -0.25) is 4.79 Å². The van der Waals surface area contributed by atoms with Gasteiger partial charge in [0.15, 0.2) is 17.4 Å². The van der Waals surface area contributed by atoms with Crippen LogP contribution in [0.2, 0.25) is 0 Å². The third kappa shape index (κ3) is 2.69. The van der Waals surface area contributed by atoms with E-state index < -0.39 is 34.7 Å². The van der Waals surface area contributed by atoms with E-state index in [1.807, 2.05) is 0 Å². The van der Waals surface area contributed by atoms with Crippen molar-refractivity contribution < 1.29 is 23.1 Å². The molecule has 0 atom stereocenters. The lowest BCUT2D eigenvalue weighted by atomic mass is 10.1. The van der Waals surface area contributed by atoms with E-state index >= 15 is 0 Å². The third-order valence-electron chi connectivity index (χ3n) is 1.93. The molecule has 0 unspecified atom stereocenters. The smallest absolute Gasteiger partial charge is 0.254 e. The van der Waals surface area contributed by atoms with Gasteiger partial charge in [0.1, 0.15) is 0 Å². The van der Waals surface area contributed by atoms with E-state index in [-0.39, 0.29) is 13.0 Å². The molecule has 0 heterocycles. The molecule has 1 rings (SSSR count). The summed E-state index contributed by atoms with van der Waals surface area (Å²) in [6.07, 6.45) is 5.14. The Morgan fingerprint density at radius 3 is 2.65 bits per heavy atom. The number of benzene rings is 1. The van der Waals surface area contributed by atoms with Crippen LogP contribution in [0.25, 0.3) is 0 Å². The minimum Gasteiger partial charge on any atom is -0.503 e. The molecule has 0 radical (unpaired) electrons.